The molecule has 5 amide bonds. The third-order valence-corrected chi connectivity index (χ3v) is 5.28. The van der Waals surface area contributed by atoms with Crippen molar-refractivity contribution >= 4 is 35.4 Å². The molecule has 2 atom stereocenters. The lowest BCUT2D eigenvalue weighted by atomic mass is 9.85. The van der Waals surface area contributed by atoms with Gasteiger partial charge in [-0.1, -0.05) is 32.9 Å². The largest absolute Gasteiger partial charge is 0.469 e. The highest BCUT2D eigenvalue weighted by Crippen LogP contribution is 2.20. The van der Waals surface area contributed by atoms with E-state index in [4.69, 9.17) is 11.5 Å². The second-order valence-electron chi connectivity index (χ2n) is 9.41. The van der Waals surface area contributed by atoms with Crippen molar-refractivity contribution in [1.29, 1.82) is 0 Å². The Morgan fingerprint density at radius 1 is 1.14 bits per heavy atom. The lowest BCUT2D eigenvalue weighted by Gasteiger charge is -2.31. The van der Waals surface area contributed by atoms with Gasteiger partial charge in [0.2, 0.25) is 11.8 Å². The first kappa shape index (κ1) is 30.5. The van der Waals surface area contributed by atoms with Crippen LogP contribution in [0.5, 0.6) is 0 Å². The summed E-state index contributed by atoms with van der Waals surface area (Å²) in [6.07, 6.45) is 6.13. The maximum absolute atomic E-state index is 13.1. The number of amides is 5. The van der Waals surface area contributed by atoms with E-state index in [1.54, 1.807) is 39.0 Å². The quantitative estimate of drug-likeness (QED) is 0.184. The van der Waals surface area contributed by atoms with Crippen LogP contribution in [-0.4, -0.2) is 67.7 Å². The Hall–Kier alpha value is -3.54. The topological polar surface area (TPSA) is 195 Å². The van der Waals surface area contributed by atoms with Gasteiger partial charge in [0.15, 0.2) is 0 Å². The summed E-state index contributed by atoms with van der Waals surface area (Å²) >= 11 is 0. The predicted octanol–water partition coefficient (Wildman–Crippen LogP) is 0.216. The molecule has 0 saturated heterocycles. The number of allylic oxidation sites excluding steroid dienone is 3. The molecule has 1 rings (SSSR count). The molecule has 0 heterocycles. The summed E-state index contributed by atoms with van der Waals surface area (Å²) in [5.41, 5.74) is 11.1. The van der Waals surface area contributed by atoms with Crippen molar-refractivity contribution in [2.75, 3.05) is 20.2 Å². The van der Waals surface area contributed by atoms with E-state index in [2.05, 4.69) is 25.7 Å². The highest BCUT2D eigenvalue weighted by atomic mass is 16.5. The summed E-state index contributed by atoms with van der Waals surface area (Å²) in [5, 5.41) is 7.83. The monoisotopic (exact) mass is 506 g/mol. The number of hydrogen-bond donors (Lipinski definition) is 5. The lowest BCUT2D eigenvalue weighted by molar-refractivity contribution is -0.139. The number of aliphatic imine (C=N–C) groups is 1. The first-order valence-corrected chi connectivity index (χ1v) is 11.8. The van der Waals surface area contributed by atoms with Crippen LogP contribution < -0.4 is 27.4 Å². The summed E-state index contributed by atoms with van der Waals surface area (Å²) in [6.45, 7) is 5.72. The molecular formula is C24H38N6O6. The normalized spacial score (nSPS) is 15.9. The molecule has 0 radical (unpaired) electrons. The Morgan fingerprint density at radius 2 is 1.83 bits per heavy atom. The zero-order chi connectivity index (χ0) is 27.3. The van der Waals surface area contributed by atoms with Gasteiger partial charge < -0.3 is 32.2 Å². The SMILES string of the molecule is COC(=O)CC1=CCC(=NC(=O)[C@H](CCCNC(N)=O)NC(=O)[C@@H](NC(=O)CCN)C(C)(C)C)C=C1. The van der Waals surface area contributed by atoms with Crippen molar-refractivity contribution in [3.63, 3.8) is 0 Å². The van der Waals surface area contributed by atoms with Crippen molar-refractivity contribution in [2.24, 2.45) is 21.9 Å². The molecule has 12 heteroatoms. The minimum absolute atomic E-state index is 0.0620. The van der Waals surface area contributed by atoms with Crippen molar-refractivity contribution in [3.8, 4) is 0 Å². The smallest absolute Gasteiger partial charge is 0.312 e. The fraction of sp³-hybridized carbons (Fsp3) is 0.583. The van der Waals surface area contributed by atoms with Crippen LogP contribution in [0.2, 0.25) is 0 Å². The zero-order valence-electron chi connectivity index (χ0n) is 21.4. The number of urea groups is 1. The number of nitrogens with two attached hydrogens (primary N) is 2. The summed E-state index contributed by atoms with van der Waals surface area (Å²) in [4.78, 5) is 64.8. The number of rotatable bonds is 12. The number of methoxy groups -OCH3 is 1. The summed E-state index contributed by atoms with van der Waals surface area (Å²) in [7, 11) is 1.31. The molecule has 0 unspecified atom stereocenters. The Morgan fingerprint density at radius 3 is 2.36 bits per heavy atom. The van der Waals surface area contributed by atoms with Crippen LogP contribution in [-0.2, 0) is 23.9 Å². The first-order chi connectivity index (χ1) is 16.9. The minimum atomic E-state index is -0.996. The number of primary amides is 1. The zero-order valence-corrected chi connectivity index (χ0v) is 21.4. The second kappa shape index (κ2) is 14.8. The van der Waals surface area contributed by atoms with Crippen LogP contribution in [0.3, 0.4) is 0 Å². The molecule has 0 aromatic carbocycles. The fourth-order valence-corrected chi connectivity index (χ4v) is 3.32. The maximum Gasteiger partial charge on any atom is 0.312 e. The summed E-state index contributed by atoms with van der Waals surface area (Å²) < 4.78 is 4.65. The second-order valence-corrected chi connectivity index (χ2v) is 9.41. The summed E-state index contributed by atoms with van der Waals surface area (Å²) in [6, 6.07) is -2.61. The Labute approximate surface area is 211 Å². The predicted molar refractivity (Wildman–Crippen MR) is 135 cm³/mol. The molecule has 36 heavy (non-hydrogen) atoms. The third-order valence-electron chi connectivity index (χ3n) is 5.28. The number of nitrogens with one attached hydrogen (secondary N) is 3. The molecule has 1 aliphatic rings. The van der Waals surface area contributed by atoms with Crippen LogP contribution in [0.1, 0.15) is 52.9 Å². The van der Waals surface area contributed by atoms with Crippen molar-refractivity contribution in [3.05, 3.63) is 23.8 Å². The van der Waals surface area contributed by atoms with Crippen molar-refractivity contribution in [2.45, 2.75) is 65.0 Å². The minimum Gasteiger partial charge on any atom is -0.469 e. The molecular weight excluding hydrogens is 468 g/mol. The first-order valence-electron chi connectivity index (χ1n) is 11.8. The van der Waals surface area contributed by atoms with Crippen molar-refractivity contribution in [1.82, 2.24) is 16.0 Å². The van der Waals surface area contributed by atoms with Gasteiger partial charge in [-0.15, -0.1) is 0 Å². The van der Waals surface area contributed by atoms with Gasteiger partial charge in [-0.05, 0) is 29.9 Å². The van der Waals surface area contributed by atoms with Crippen LogP contribution >= 0.6 is 0 Å². The average molecular weight is 507 g/mol. The van der Waals surface area contributed by atoms with E-state index in [9.17, 15) is 24.0 Å². The molecule has 200 valence electrons. The molecule has 12 nitrogen and oxygen atoms in total. The van der Waals surface area contributed by atoms with Gasteiger partial charge in [0, 0.05) is 31.6 Å². The molecule has 0 saturated carbocycles. The van der Waals surface area contributed by atoms with Gasteiger partial charge in [0.05, 0.1) is 13.5 Å². The number of carbonyl (C=O) groups is 5. The molecule has 0 aromatic rings. The Bertz CT molecular complexity index is 919. The van der Waals surface area contributed by atoms with Gasteiger partial charge in [0.1, 0.15) is 12.1 Å². The standard InChI is InChI=1S/C24H38N6O6/c1-24(2,3)20(30-18(31)11-12-25)22(34)29-17(6-5-13-27-23(26)35)21(33)28-16-9-7-15(8-10-16)14-19(32)36-4/h7-9,17,20H,5-6,10-14,25H2,1-4H3,(H,29,34)(H,30,31)(H3,26,27,35)/t17-,20+/m0/s1. The molecule has 0 bridgehead atoms. The Balaban J connectivity index is 3.00. The van der Waals surface area contributed by atoms with E-state index in [0.29, 0.717) is 18.6 Å². The number of esters is 1. The molecule has 0 aliphatic heterocycles. The van der Waals surface area contributed by atoms with Gasteiger partial charge in [-0.2, -0.15) is 0 Å². The Kier molecular flexibility index (Phi) is 12.5. The van der Waals surface area contributed by atoms with Crippen molar-refractivity contribution < 1.29 is 28.7 Å². The number of carbonyl (C=O) groups excluding carboxylic acids is 5. The lowest BCUT2D eigenvalue weighted by Crippen LogP contribution is -2.56. The van der Waals surface area contributed by atoms with E-state index < -0.39 is 35.3 Å². The average Bonchev–Trinajstić information content (AvgIpc) is 2.79. The van der Waals surface area contributed by atoms with E-state index >= 15 is 0 Å². The van der Waals surface area contributed by atoms with E-state index in [-0.39, 0.29) is 44.2 Å². The molecule has 0 aromatic heterocycles. The molecule has 0 spiro atoms. The fourth-order valence-electron chi connectivity index (χ4n) is 3.32. The van der Waals surface area contributed by atoms with Crippen LogP contribution in [0, 0.1) is 5.41 Å². The van der Waals surface area contributed by atoms with Gasteiger partial charge in [-0.3, -0.25) is 19.2 Å². The third kappa shape index (κ3) is 11.3. The van der Waals surface area contributed by atoms with Gasteiger partial charge in [-0.25, -0.2) is 9.79 Å². The maximum atomic E-state index is 13.1. The van der Waals surface area contributed by atoms with E-state index in [0.717, 1.165) is 5.57 Å². The van der Waals surface area contributed by atoms with Crippen LogP contribution in [0.25, 0.3) is 0 Å². The highest BCUT2D eigenvalue weighted by molar-refractivity contribution is 6.06. The van der Waals surface area contributed by atoms with Gasteiger partial charge in [0.25, 0.3) is 5.91 Å². The van der Waals surface area contributed by atoms with E-state index in [1.807, 2.05) is 0 Å². The van der Waals surface area contributed by atoms with Crippen LogP contribution in [0.15, 0.2) is 28.8 Å². The number of ether oxygens (including phenoxy) is 1. The number of nitrogens with zero attached hydrogens (tertiary/aromatic N) is 1. The molecule has 7 N–H and O–H groups in total. The van der Waals surface area contributed by atoms with Gasteiger partial charge >= 0.3 is 12.0 Å². The summed E-state index contributed by atoms with van der Waals surface area (Å²) in [5.74, 6) is -1.86. The number of hydrogen-bond acceptors (Lipinski definition) is 7. The van der Waals surface area contributed by atoms with E-state index in [1.165, 1.54) is 7.11 Å². The van der Waals surface area contributed by atoms with Crippen LogP contribution in [0.4, 0.5) is 4.79 Å². The molecule has 0 fully saturated rings. The molecule has 1 aliphatic carbocycles. The highest BCUT2D eigenvalue weighted by Gasteiger charge is 2.34.